The molecule has 1 aliphatic heterocycles. The van der Waals surface area contributed by atoms with Crippen LogP contribution in [0.5, 0.6) is 5.75 Å². The predicted molar refractivity (Wildman–Crippen MR) is 116 cm³/mol. The molecule has 1 saturated heterocycles. The molecule has 1 aromatic heterocycles. The van der Waals surface area contributed by atoms with Gasteiger partial charge in [-0.25, -0.2) is 13.4 Å². The second-order valence-corrected chi connectivity index (χ2v) is 9.86. The summed E-state index contributed by atoms with van der Waals surface area (Å²) in [5.41, 5.74) is 0.983. The van der Waals surface area contributed by atoms with E-state index in [2.05, 4.69) is 17.2 Å². The highest BCUT2D eigenvalue weighted by molar-refractivity contribution is 7.89. The van der Waals surface area contributed by atoms with Crippen LogP contribution in [0.1, 0.15) is 40.6 Å². The molecule has 164 valence electrons. The highest BCUT2D eigenvalue weighted by Crippen LogP contribution is 2.31. The molecule has 0 bridgehead atoms. The van der Waals surface area contributed by atoms with E-state index in [1.807, 2.05) is 6.92 Å². The molecule has 1 fully saturated rings. The zero-order valence-electron chi connectivity index (χ0n) is 17.4. The van der Waals surface area contributed by atoms with E-state index in [4.69, 9.17) is 9.47 Å². The third-order valence-corrected chi connectivity index (χ3v) is 7.73. The molecule has 1 N–H and O–H groups in total. The molecule has 2 heterocycles. The first-order chi connectivity index (χ1) is 14.4. The van der Waals surface area contributed by atoms with Crippen molar-refractivity contribution in [1.29, 1.82) is 0 Å². The summed E-state index contributed by atoms with van der Waals surface area (Å²) in [5.74, 6) is 0.0944. The first-order valence-corrected chi connectivity index (χ1v) is 12.2. The monoisotopic (exact) mass is 453 g/mol. The Balaban J connectivity index is 1.90. The number of nitrogens with one attached hydrogen (secondary N) is 1. The average Bonchev–Trinajstić information content (AvgIpc) is 3.10. The van der Waals surface area contributed by atoms with E-state index in [1.165, 1.54) is 27.8 Å². The van der Waals surface area contributed by atoms with Crippen LogP contribution in [0.2, 0.25) is 0 Å². The average molecular weight is 454 g/mol. The Morgan fingerprint density at radius 3 is 2.70 bits per heavy atom. The van der Waals surface area contributed by atoms with Gasteiger partial charge in [0.05, 0.1) is 41.1 Å². The number of amides is 1. The standard InChI is InChI=1S/C20H27N3O5S2/c1-4-6-18-21-14(3)19(29-18)20(24)22-16-13-15(7-8-17(16)28-5-2)30(25,26)23-9-11-27-12-10-23/h7-8,13H,4-6,9-12H2,1-3H3,(H,22,24). The summed E-state index contributed by atoms with van der Waals surface area (Å²) in [6.07, 6.45) is 1.76. The van der Waals surface area contributed by atoms with Gasteiger partial charge in [-0.15, -0.1) is 11.3 Å². The molecule has 0 radical (unpaired) electrons. The number of hydrogen-bond acceptors (Lipinski definition) is 7. The summed E-state index contributed by atoms with van der Waals surface area (Å²) >= 11 is 1.36. The van der Waals surface area contributed by atoms with E-state index in [-0.39, 0.29) is 10.8 Å². The van der Waals surface area contributed by atoms with Crippen molar-refractivity contribution >= 4 is 33.0 Å². The lowest BCUT2D eigenvalue weighted by atomic mass is 10.2. The van der Waals surface area contributed by atoms with E-state index in [0.717, 1.165) is 17.8 Å². The van der Waals surface area contributed by atoms with Gasteiger partial charge in [0.25, 0.3) is 5.91 Å². The third-order valence-electron chi connectivity index (χ3n) is 4.62. The zero-order chi connectivity index (χ0) is 21.7. The lowest BCUT2D eigenvalue weighted by Gasteiger charge is -2.26. The fraction of sp³-hybridized carbons (Fsp3) is 0.500. The van der Waals surface area contributed by atoms with Crippen LogP contribution in [-0.4, -0.2) is 56.5 Å². The fourth-order valence-electron chi connectivity index (χ4n) is 3.15. The van der Waals surface area contributed by atoms with Crippen molar-refractivity contribution in [3.8, 4) is 5.75 Å². The van der Waals surface area contributed by atoms with Crippen LogP contribution in [0.3, 0.4) is 0 Å². The quantitative estimate of drug-likeness (QED) is 0.660. The summed E-state index contributed by atoms with van der Waals surface area (Å²) in [6, 6.07) is 4.54. The highest BCUT2D eigenvalue weighted by Gasteiger charge is 2.27. The fourth-order valence-corrected chi connectivity index (χ4v) is 5.64. The zero-order valence-corrected chi connectivity index (χ0v) is 19.1. The highest BCUT2D eigenvalue weighted by atomic mass is 32.2. The first kappa shape index (κ1) is 22.7. The van der Waals surface area contributed by atoms with Crippen molar-refractivity contribution < 1.29 is 22.7 Å². The SMILES string of the molecule is CCCc1nc(C)c(C(=O)Nc2cc(S(=O)(=O)N3CCOCC3)ccc2OCC)s1. The Labute approximate surface area is 181 Å². The molecule has 1 aliphatic rings. The lowest BCUT2D eigenvalue weighted by molar-refractivity contribution is 0.0730. The Morgan fingerprint density at radius 1 is 1.30 bits per heavy atom. The Kier molecular flexibility index (Phi) is 7.45. The number of carbonyl (C=O) groups is 1. The van der Waals surface area contributed by atoms with Crippen molar-refractivity contribution in [2.75, 3.05) is 38.2 Å². The summed E-state index contributed by atoms with van der Waals surface area (Å²) < 4.78 is 38.3. The number of thiazole rings is 1. The summed E-state index contributed by atoms with van der Waals surface area (Å²) in [5, 5.41) is 3.73. The summed E-state index contributed by atoms with van der Waals surface area (Å²) in [7, 11) is -3.69. The van der Waals surface area contributed by atoms with Crippen molar-refractivity contribution in [2.24, 2.45) is 0 Å². The number of rotatable bonds is 8. The summed E-state index contributed by atoms with van der Waals surface area (Å²) in [4.78, 5) is 18.0. The van der Waals surface area contributed by atoms with Crippen LogP contribution in [0, 0.1) is 6.92 Å². The Morgan fingerprint density at radius 2 is 2.03 bits per heavy atom. The lowest BCUT2D eigenvalue weighted by Crippen LogP contribution is -2.40. The molecule has 0 spiro atoms. The van der Waals surface area contributed by atoms with Gasteiger partial charge in [0.2, 0.25) is 10.0 Å². The van der Waals surface area contributed by atoms with Gasteiger partial charge in [0, 0.05) is 13.1 Å². The number of hydrogen-bond donors (Lipinski definition) is 1. The van der Waals surface area contributed by atoms with Gasteiger partial charge in [-0.3, -0.25) is 4.79 Å². The smallest absolute Gasteiger partial charge is 0.267 e. The van der Waals surface area contributed by atoms with Gasteiger partial charge in [0.1, 0.15) is 10.6 Å². The van der Waals surface area contributed by atoms with Crippen molar-refractivity contribution in [1.82, 2.24) is 9.29 Å². The molecule has 8 nitrogen and oxygen atoms in total. The van der Waals surface area contributed by atoms with Crippen molar-refractivity contribution in [3.05, 3.63) is 33.8 Å². The number of morpholine rings is 1. The van der Waals surface area contributed by atoms with Crippen LogP contribution in [0.4, 0.5) is 5.69 Å². The predicted octanol–water partition coefficient (Wildman–Crippen LogP) is 3.08. The molecule has 10 heteroatoms. The maximum absolute atomic E-state index is 13.0. The van der Waals surface area contributed by atoms with E-state index in [0.29, 0.717) is 54.9 Å². The molecule has 0 aliphatic carbocycles. The number of sulfonamides is 1. The van der Waals surface area contributed by atoms with E-state index >= 15 is 0 Å². The van der Waals surface area contributed by atoms with Crippen LogP contribution in [0.25, 0.3) is 0 Å². The van der Waals surface area contributed by atoms with Crippen LogP contribution >= 0.6 is 11.3 Å². The largest absolute Gasteiger partial charge is 0.492 e. The van der Waals surface area contributed by atoms with Gasteiger partial charge in [0.15, 0.2) is 0 Å². The minimum Gasteiger partial charge on any atom is -0.492 e. The van der Waals surface area contributed by atoms with Crippen LogP contribution < -0.4 is 10.1 Å². The van der Waals surface area contributed by atoms with Crippen molar-refractivity contribution in [3.63, 3.8) is 0 Å². The minimum absolute atomic E-state index is 0.107. The molecule has 1 amide bonds. The van der Waals surface area contributed by atoms with Gasteiger partial charge < -0.3 is 14.8 Å². The number of nitrogens with zero attached hydrogens (tertiary/aromatic N) is 2. The van der Waals surface area contributed by atoms with E-state index < -0.39 is 10.0 Å². The molecule has 1 aromatic carbocycles. The number of benzene rings is 1. The molecular weight excluding hydrogens is 426 g/mol. The number of anilines is 1. The number of aromatic nitrogens is 1. The maximum atomic E-state index is 13.0. The van der Waals surface area contributed by atoms with Crippen LogP contribution in [0.15, 0.2) is 23.1 Å². The molecule has 3 rings (SSSR count). The topological polar surface area (TPSA) is 97.8 Å². The van der Waals surface area contributed by atoms with E-state index in [1.54, 1.807) is 13.0 Å². The Bertz CT molecular complexity index is 998. The van der Waals surface area contributed by atoms with Gasteiger partial charge in [-0.05, 0) is 44.9 Å². The van der Waals surface area contributed by atoms with E-state index in [9.17, 15) is 13.2 Å². The van der Waals surface area contributed by atoms with Crippen molar-refractivity contribution in [2.45, 2.75) is 38.5 Å². The Hall–Kier alpha value is -2.01. The molecule has 0 saturated carbocycles. The normalized spacial score (nSPS) is 15.2. The van der Waals surface area contributed by atoms with Crippen LogP contribution in [-0.2, 0) is 21.2 Å². The van der Waals surface area contributed by atoms with Gasteiger partial charge in [-0.1, -0.05) is 6.92 Å². The minimum atomic E-state index is -3.69. The number of ether oxygens (including phenoxy) is 2. The summed E-state index contributed by atoms with van der Waals surface area (Å²) in [6.45, 7) is 7.41. The second-order valence-electron chi connectivity index (χ2n) is 6.83. The molecule has 0 unspecified atom stereocenters. The second kappa shape index (κ2) is 9.86. The first-order valence-electron chi connectivity index (χ1n) is 9.99. The number of aryl methyl sites for hydroxylation is 2. The van der Waals surface area contributed by atoms with Gasteiger partial charge in [-0.2, -0.15) is 4.31 Å². The molecule has 2 aromatic rings. The van der Waals surface area contributed by atoms with Gasteiger partial charge >= 0.3 is 0 Å². The molecule has 30 heavy (non-hydrogen) atoms. The third kappa shape index (κ3) is 5.00. The number of carbonyl (C=O) groups excluding carboxylic acids is 1. The molecular formula is C20H27N3O5S2. The maximum Gasteiger partial charge on any atom is 0.267 e. The molecule has 0 atom stereocenters.